The van der Waals surface area contributed by atoms with E-state index < -0.39 is 0 Å². The third-order valence-electron chi connectivity index (χ3n) is 9.33. The highest BCUT2D eigenvalue weighted by Gasteiger charge is 2.22. The molecule has 6 aromatic carbocycles. The van der Waals surface area contributed by atoms with Crippen molar-refractivity contribution < 1.29 is 0 Å². The van der Waals surface area contributed by atoms with Crippen LogP contribution >= 0.6 is 0 Å². The van der Waals surface area contributed by atoms with Crippen molar-refractivity contribution in [3.8, 4) is 11.6 Å². The van der Waals surface area contributed by atoms with Gasteiger partial charge >= 0.3 is 0 Å². The molecule has 0 bridgehead atoms. The topological polar surface area (TPSA) is 38.9 Å². The van der Waals surface area contributed by atoms with Crippen LogP contribution in [0.2, 0.25) is 0 Å². The standard InChI is InChI=1S/C42H27N5/c1-2-12-30(13-3-1)45(31-21-22-34-33-14-4-5-15-35(33)46(37(34)26-31)39-17-6-8-23-43-39)32-25-29-20-19-28-11-10-16-36-41(28)42(29)38(27-32)47(36)40-18-7-9-24-44-40/h1-27H. The number of fused-ring (bicyclic) bond motifs is 3. The summed E-state index contributed by atoms with van der Waals surface area (Å²) >= 11 is 0. The largest absolute Gasteiger partial charge is 0.310 e. The molecular formula is C42H27N5. The van der Waals surface area contributed by atoms with Crippen LogP contribution in [-0.4, -0.2) is 19.1 Å². The fraction of sp³-hybridized carbons (Fsp3) is 0. The zero-order valence-corrected chi connectivity index (χ0v) is 25.3. The van der Waals surface area contributed by atoms with Crippen molar-refractivity contribution in [2.45, 2.75) is 0 Å². The Labute approximate surface area is 270 Å². The van der Waals surface area contributed by atoms with Gasteiger partial charge in [-0.25, -0.2) is 9.97 Å². The molecule has 0 aliphatic rings. The maximum absolute atomic E-state index is 4.81. The van der Waals surface area contributed by atoms with Crippen LogP contribution in [0.15, 0.2) is 164 Å². The van der Waals surface area contributed by atoms with Gasteiger partial charge in [-0.05, 0) is 83.6 Å². The van der Waals surface area contributed by atoms with Crippen molar-refractivity contribution in [3.05, 3.63) is 164 Å². The molecular weight excluding hydrogens is 574 g/mol. The zero-order chi connectivity index (χ0) is 30.9. The van der Waals surface area contributed by atoms with Gasteiger partial charge < -0.3 is 4.90 Å². The van der Waals surface area contributed by atoms with E-state index in [1.807, 2.05) is 30.6 Å². The number of hydrogen-bond donors (Lipinski definition) is 0. The Balaban J connectivity index is 1.28. The van der Waals surface area contributed by atoms with Crippen molar-refractivity contribution in [3.63, 3.8) is 0 Å². The molecule has 0 saturated heterocycles. The third kappa shape index (κ3) is 3.83. The van der Waals surface area contributed by atoms with Crippen molar-refractivity contribution in [1.82, 2.24) is 19.1 Å². The first kappa shape index (κ1) is 25.8. The first-order valence-corrected chi connectivity index (χ1v) is 15.8. The second-order valence-electron chi connectivity index (χ2n) is 11.9. The van der Waals surface area contributed by atoms with E-state index in [4.69, 9.17) is 9.97 Å². The summed E-state index contributed by atoms with van der Waals surface area (Å²) in [6, 6.07) is 53.9. The highest BCUT2D eigenvalue weighted by atomic mass is 15.2. The summed E-state index contributed by atoms with van der Waals surface area (Å²) in [5.41, 5.74) is 7.76. The number of hydrogen-bond acceptors (Lipinski definition) is 3. The van der Waals surface area contributed by atoms with Gasteiger partial charge in [-0.3, -0.25) is 9.13 Å². The average Bonchev–Trinajstić information content (AvgIpc) is 3.65. The lowest BCUT2D eigenvalue weighted by Gasteiger charge is -2.26. The molecule has 0 aliphatic heterocycles. The normalized spacial score (nSPS) is 11.8. The Bertz CT molecular complexity index is 2730. The van der Waals surface area contributed by atoms with Crippen molar-refractivity contribution in [2.75, 3.05) is 4.90 Å². The molecule has 0 aliphatic carbocycles. The fourth-order valence-corrected chi connectivity index (χ4v) is 7.40. The summed E-state index contributed by atoms with van der Waals surface area (Å²) < 4.78 is 4.58. The van der Waals surface area contributed by atoms with E-state index >= 15 is 0 Å². The van der Waals surface area contributed by atoms with Crippen LogP contribution < -0.4 is 4.90 Å². The van der Waals surface area contributed by atoms with Gasteiger partial charge in [0, 0.05) is 51.0 Å². The van der Waals surface area contributed by atoms with Gasteiger partial charge in [0.1, 0.15) is 11.6 Å². The van der Waals surface area contributed by atoms with Gasteiger partial charge in [0.25, 0.3) is 0 Å². The van der Waals surface area contributed by atoms with E-state index in [2.05, 4.69) is 147 Å². The molecule has 0 atom stereocenters. The first-order valence-electron chi connectivity index (χ1n) is 15.8. The Morgan fingerprint density at radius 3 is 1.81 bits per heavy atom. The zero-order valence-electron chi connectivity index (χ0n) is 25.3. The molecule has 47 heavy (non-hydrogen) atoms. The lowest BCUT2D eigenvalue weighted by molar-refractivity contribution is 1.08. The maximum atomic E-state index is 4.81. The van der Waals surface area contributed by atoms with E-state index in [1.54, 1.807) is 0 Å². The van der Waals surface area contributed by atoms with Crippen LogP contribution in [0.25, 0.3) is 66.0 Å². The molecule has 4 heterocycles. The van der Waals surface area contributed by atoms with Crippen LogP contribution in [-0.2, 0) is 0 Å². The highest BCUT2D eigenvalue weighted by Crippen LogP contribution is 2.44. The quantitative estimate of drug-likeness (QED) is 0.184. The molecule has 4 aromatic heterocycles. The summed E-state index contributed by atoms with van der Waals surface area (Å²) in [4.78, 5) is 11.9. The molecule has 0 amide bonds. The van der Waals surface area contributed by atoms with Gasteiger partial charge in [-0.2, -0.15) is 0 Å². The Morgan fingerprint density at radius 2 is 1.02 bits per heavy atom. The summed E-state index contributed by atoms with van der Waals surface area (Å²) in [6.07, 6.45) is 3.72. The predicted octanol–water partition coefficient (Wildman–Crippen LogP) is 10.7. The molecule has 5 nitrogen and oxygen atoms in total. The second-order valence-corrected chi connectivity index (χ2v) is 11.9. The SMILES string of the molecule is c1ccc(N(c2ccc3c4ccccc4n(-c4ccccn4)c3c2)c2cc3ccc4cccc5c4c3c(c2)n5-c2ccccn2)cc1. The number of rotatable bonds is 5. The number of para-hydroxylation sites is 2. The Hall–Kier alpha value is -6.46. The van der Waals surface area contributed by atoms with Gasteiger partial charge in [0.05, 0.1) is 22.1 Å². The fourth-order valence-electron chi connectivity index (χ4n) is 7.40. The molecule has 5 heteroatoms. The van der Waals surface area contributed by atoms with Crippen LogP contribution in [0.5, 0.6) is 0 Å². The van der Waals surface area contributed by atoms with Gasteiger partial charge in [0.15, 0.2) is 0 Å². The minimum absolute atomic E-state index is 0.897. The highest BCUT2D eigenvalue weighted by molar-refractivity contribution is 6.25. The van der Waals surface area contributed by atoms with E-state index in [1.165, 1.54) is 32.3 Å². The number of benzene rings is 6. The summed E-state index contributed by atoms with van der Waals surface area (Å²) in [5, 5.41) is 7.35. The molecule has 0 saturated carbocycles. The minimum atomic E-state index is 0.897. The van der Waals surface area contributed by atoms with Gasteiger partial charge in [-0.1, -0.05) is 78.9 Å². The maximum Gasteiger partial charge on any atom is 0.137 e. The van der Waals surface area contributed by atoms with Crippen LogP contribution in [0, 0.1) is 0 Å². The van der Waals surface area contributed by atoms with Crippen molar-refractivity contribution in [1.29, 1.82) is 0 Å². The lowest BCUT2D eigenvalue weighted by Crippen LogP contribution is -2.10. The Kier molecular flexibility index (Phi) is 5.51. The smallest absolute Gasteiger partial charge is 0.137 e. The second kappa shape index (κ2) is 10.0. The van der Waals surface area contributed by atoms with Crippen LogP contribution in [0.3, 0.4) is 0 Å². The molecule has 0 fully saturated rings. The van der Waals surface area contributed by atoms with E-state index in [0.29, 0.717) is 0 Å². The van der Waals surface area contributed by atoms with Gasteiger partial charge in [0.2, 0.25) is 0 Å². The molecule has 220 valence electrons. The van der Waals surface area contributed by atoms with E-state index in [0.717, 1.165) is 50.8 Å². The van der Waals surface area contributed by atoms with Crippen LogP contribution in [0.4, 0.5) is 17.1 Å². The number of nitrogens with zero attached hydrogens (tertiary/aromatic N) is 5. The minimum Gasteiger partial charge on any atom is -0.310 e. The monoisotopic (exact) mass is 601 g/mol. The molecule has 0 N–H and O–H groups in total. The molecule has 0 unspecified atom stereocenters. The van der Waals surface area contributed by atoms with Crippen molar-refractivity contribution in [2.24, 2.45) is 0 Å². The van der Waals surface area contributed by atoms with Crippen LogP contribution in [0.1, 0.15) is 0 Å². The summed E-state index contributed by atoms with van der Waals surface area (Å²) in [5.74, 6) is 1.80. The predicted molar refractivity (Wildman–Crippen MR) is 194 cm³/mol. The number of pyridine rings is 2. The molecule has 0 spiro atoms. The average molecular weight is 602 g/mol. The molecule has 0 radical (unpaired) electrons. The third-order valence-corrected chi connectivity index (χ3v) is 9.33. The summed E-state index contributed by atoms with van der Waals surface area (Å²) in [6.45, 7) is 0. The van der Waals surface area contributed by atoms with Gasteiger partial charge in [-0.15, -0.1) is 0 Å². The Morgan fingerprint density at radius 1 is 0.383 bits per heavy atom. The molecule has 10 aromatic rings. The van der Waals surface area contributed by atoms with Crippen molar-refractivity contribution >= 4 is 71.4 Å². The number of aromatic nitrogens is 4. The lowest BCUT2D eigenvalue weighted by atomic mass is 10.0. The molecule has 10 rings (SSSR count). The van der Waals surface area contributed by atoms with E-state index in [9.17, 15) is 0 Å². The summed E-state index contributed by atoms with van der Waals surface area (Å²) in [7, 11) is 0. The van der Waals surface area contributed by atoms with E-state index in [-0.39, 0.29) is 0 Å². The number of anilines is 3. The first-order chi connectivity index (χ1) is 23.3.